The van der Waals surface area contributed by atoms with Gasteiger partial charge in [0.25, 0.3) is 0 Å². The number of nitrogens with one attached hydrogen (secondary N) is 2. The van der Waals surface area contributed by atoms with E-state index in [1.807, 2.05) is 26.8 Å². The zero-order chi connectivity index (χ0) is 17.8. The van der Waals surface area contributed by atoms with Crippen molar-refractivity contribution in [3.8, 4) is 0 Å². The summed E-state index contributed by atoms with van der Waals surface area (Å²) < 4.78 is 1.80. The number of carbonyl (C=O) groups excluding carboxylic acids is 1. The highest BCUT2D eigenvalue weighted by Gasteiger charge is 2.25. The molecule has 0 radical (unpaired) electrons. The first-order chi connectivity index (χ1) is 10.4. The van der Waals surface area contributed by atoms with Crippen molar-refractivity contribution in [3.63, 3.8) is 0 Å². The molecule has 0 spiro atoms. The van der Waals surface area contributed by atoms with E-state index in [9.17, 15) is 9.59 Å². The third kappa shape index (κ3) is 5.92. The van der Waals surface area contributed by atoms with Crippen molar-refractivity contribution in [1.29, 1.82) is 0 Å². The first kappa shape index (κ1) is 19.0. The van der Waals surface area contributed by atoms with E-state index < -0.39 is 5.97 Å². The van der Waals surface area contributed by atoms with Crippen molar-refractivity contribution < 1.29 is 14.7 Å². The highest BCUT2D eigenvalue weighted by atomic mass is 16.4. The fourth-order valence-corrected chi connectivity index (χ4v) is 1.95. The Morgan fingerprint density at radius 2 is 1.83 bits per heavy atom. The Morgan fingerprint density at radius 1 is 1.22 bits per heavy atom. The molecule has 0 unspecified atom stereocenters. The molecule has 3 N–H and O–H groups in total. The number of carboxylic acids is 1. The highest BCUT2D eigenvalue weighted by molar-refractivity contribution is 5.88. The molecule has 7 nitrogen and oxygen atoms in total. The lowest BCUT2D eigenvalue weighted by atomic mass is 9.92. The van der Waals surface area contributed by atoms with Gasteiger partial charge in [-0.3, -0.25) is 10.1 Å². The summed E-state index contributed by atoms with van der Waals surface area (Å²) in [6.07, 6.45) is 0.433. The predicted molar refractivity (Wildman–Crippen MR) is 89.8 cm³/mol. The van der Waals surface area contributed by atoms with Crippen LogP contribution in [0.5, 0.6) is 0 Å². The van der Waals surface area contributed by atoms with E-state index in [0.717, 1.165) is 5.69 Å². The molecule has 0 aromatic carbocycles. The molecule has 7 heteroatoms. The van der Waals surface area contributed by atoms with Gasteiger partial charge < -0.3 is 10.4 Å². The molecule has 0 bridgehead atoms. The molecule has 1 rings (SSSR count). The lowest BCUT2D eigenvalue weighted by molar-refractivity contribution is -0.137. The number of aliphatic carboxylic acids is 1. The Hall–Kier alpha value is -2.05. The fraction of sp³-hybridized carbons (Fsp3) is 0.688. The molecule has 0 aliphatic rings. The maximum Gasteiger partial charge on any atom is 0.320 e. The SMILES string of the molecule is CC(C)(C)c1cc(NC(=O)NCCCC(=O)O)n(C(C)(C)C)n1. The van der Waals surface area contributed by atoms with E-state index in [1.165, 1.54) is 0 Å². The smallest absolute Gasteiger partial charge is 0.320 e. The summed E-state index contributed by atoms with van der Waals surface area (Å²) >= 11 is 0. The van der Waals surface area contributed by atoms with Crippen LogP contribution in [0, 0.1) is 0 Å². The minimum absolute atomic E-state index is 0.0361. The normalized spacial score (nSPS) is 12.1. The summed E-state index contributed by atoms with van der Waals surface area (Å²) in [5.74, 6) is -0.244. The number of amides is 2. The molecular weight excluding hydrogens is 296 g/mol. The molecular formula is C16H28N4O3. The van der Waals surface area contributed by atoms with Crippen molar-refractivity contribution in [3.05, 3.63) is 11.8 Å². The van der Waals surface area contributed by atoms with E-state index in [0.29, 0.717) is 18.8 Å². The van der Waals surface area contributed by atoms with Gasteiger partial charge in [0.15, 0.2) is 0 Å². The van der Waals surface area contributed by atoms with Gasteiger partial charge in [0.1, 0.15) is 5.82 Å². The number of urea groups is 1. The zero-order valence-corrected chi connectivity index (χ0v) is 14.9. The number of hydrogen-bond donors (Lipinski definition) is 3. The monoisotopic (exact) mass is 324 g/mol. The molecule has 1 aromatic rings. The number of nitrogens with zero attached hydrogens (tertiary/aromatic N) is 2. The van der Waals surface area contributed by atoms with Crippen LogP contribution < -0.4 is 10.6 Å². The minimum atomic E-state index is -0.868. The van der Waals surface area contributed by atoms with Crippen LogP contribution in [-0.4, -0.2) is 33.4 Å². The zero-order valence-electron chi connectivity index (χ0n) is 14.9. The van der Waals surface area contributed by atoms with Crippen LogP contribution in [0.1, 0.15) is 60.1 Å². The predicted octanol–water partition coefficient (Wildman–Crippen LogP) is 2.92. The summed E-state index contributed by atoms with van der Waals surface area (Å²) in [6, 6.07) is 1.52. The number of anilines is 1. The van der Waals surface area contributed by atoms with E-state index in [2.05, 4.69) is 36.5 Å². The summed E-state index contributed by atoms with van der Waals surface area (Å²) in [7, 11) is 0. The largest absolute Gasteiger partial charge is 0.481 e. The van der Waals surface area contributed by atoms with Crippen LogP contribution in [0.3, 0.4) is 0 Å². The Kier molecular flexibility index (Phi) is 5.80. The van der Waals surface area contributed by atoms with Crippen molar-refractivity contribution in [2.75, 3.05) is 11.9 Å². The van der Waals surface area contributed by atoms with Crippen molar-refractivity contribution >= 4 is 17.8 Å². The van der Waals surface area contributed by atoms with E-state index in [1.54, 1.807) is 4.68 Å². The summed E-state index contributed by atoms with van der Waals surface area (Å²) in [4.78, 5) is 22.4. The molecule has 0 aliphatic heterocycles. The van der Waals surface area contributed by atoms with Gasteiger partial charge in [0.05, 0.1) is 11.2 Å². The van der Waals surface area contributed by atoms with Gasteiger partial charge in [-0.1, -0.05) is 20.8 Å². The minimum Gasteiger partial charge on any atom is -0.481 e. The third-order valence-electron chi connectivity index (χ3n) is 3.21. The van der Waals surface area contributed by atoms with Gasteiger partial charge in [-0.05, 0) is 27.2 Å². The van der Waals surface area contributed by atoms with Gasteiger partial charge in [0.2, 0.25) is 0 Å². The maximum atomic E-state index is 12.0. The highest BCUT2D eigenvalue weighted by Crippen LogP contribution is 2.28. The molecule has 1 heterocycles. The van der Waals surface area contributed by atoms with Crippen LogP contribution in [0.4, 0.5) is 10.6 Å². The second-order valence-electron chi connectivity index (χ2n) is 7.63. The fourth-order valence-electron chi connectivity index (χ4n) is 1.95. The topological polar surface area (TPSA) is 96.3 Å². The molecule has 0 aliphatic carbocycles. The molecule has 0 fully saturated rings. The summed E-state index contributed by atoms with van der Waals surface area (Å²) in [6.45, 7) is 12.6. The average molecular weight is 324 g/mol. The Morgan fingerprint density at radius 3 is 2.30 bits per heavy atom. The number of aromatic nitrogens is 2. The van der Waals surface area contributed by atoms with Gasteiger partial charge in [-0.2, -0.15) is 5.10 Å². The van der Waals surface area contributed by atoms with Crippen LogP contribution in [0.25, 0.3) is 0 Å². The molecule has 0 saturated carbocycles. The van der Waals surface area contributed by atoms with E-state index in [4.69, 9.17) is 5.11 Å². The van der Waals surface area contributed by atoms with Crippen LogP contribution >= 0.6 is 0 Å². The maximum absolute atomic E-state index is 12.0. The first-order valence-electron chi connectivity index (χ1n) is 7.79. The van der Waals surface area contributed by atoms with E-state index in [-0.39, 0.29) is 23.4 Å². The van der Waals surface area contributed by atoms with Gasteiger partial charge in [-0.25, -0.2) is 9.48 Å². The second-order valence-corrected chi connectivity index (χ2v) is 7.63. The van der Waals surface area contributed by atoms with Gasteiger partial charge in [0, 0.05) is 24.4 Å². The Labute approximate surface area is 137 Å². The summed E-state index contributed by atoms with van der Waals surface area (Å²) in [5.41, 5.74) is 0.508. The van der Waals surface area contributed by atoms with Gasteiger partial charge in [-0.15, -0.1) is 0 Å². The number of carboxylic acid groups (broad SMARTS) is 1. The molecule has 0 saturated heterocycles. The molecule has 1 aromatic heterocycles. The quantitative estimate of drug-likeness (QED) is 0.726. The third-order valence-corrected chi connectivity index (χ3v) is 3.21. The lowest BCUT2D eigenvalue weighted by Crippen LogP contribution is -2.33. The molecule has 130 valence electrons. The van der Waals surface area contributed by atoms with E-state index >= 15 is 0 Å². The molecule has 0 atom stereocenters. The molecule has 23 heavy (non-hydrogen) atoms. The number of hydrogen-bond acceptors (Lipinski definition) is 3. The first-order valence-corrected chi connectivity index (χ1v) is 7.79. The van der Waals surface area contributed by atoms with Crippen LogP contribution in [0.15, 0.2) is 6.07 Å². The molecule has 2 amide bonds. The Balaban J connectivity index is 2.80. The second kappa shape index (κ2) is 7.02. The van der Waals surface area contributed by atoms with Gasteiger partial charge >= 0.3 is 12.0 Å². The van der Waals surface area contributed by atoms with Crippen LogP contribution in [0.2, 0.25) is 0 Å². The lowest BCUT2D eigenvalue weighted by Gasteiger charge is -2.23. The van der Waals surface area contributed by atoms with Crippen molar-refractivity contribution in [2.24, 2.45) is 0 Å². The van der Waals surface area contributed by atoms with Crippen LogP contribution in [-0.2, 0) is 15.7 Å². The van der Waals surface area contributed by atoms with Crippen molar-refractivity contribution in [2.45, 2.75) is 65.3 Å². The number of rotatable bonds is 5. The number of carbonyl (C=O) groups is 2. The Bertz CT molecular complexity index is 565. The average Bonchev–Trinajstić information content (AvgIpc) is 2.78. The summed E-state index contributed by atoms with van der Waals surface area (Å²) in [5, 5.41) is 18.7. The van der Waals surface area contributed by atoms with Crippen molar-refractivity contribution in [1.82, 2.24) is 15.1 Å². The standard InChI is InChI=1S/C16H28N4O3/c1-15(2,3)11-10-12(20(19-11)16(4,5)6)18-14(23)17-9-7-8-13(21)22/h10H,7-9H2,1-6H3,(H,21,22)(H2,17,18,23).